The van der Waals surface area contributed by atoms with Gasteiger partial charge >= 0.3 is 0 Å². The summed E-state index contributed by atoms with van der Waals surface area (Å²) < 4.78 is 1.81. The molecule has 0 aromatic carbocycles. The molecule has 2 rings (SSSR count). The van der Waals surface area contributed by atoms with Crippen LogP contribution in [0.2, 0.25) is 0 Å². The molecule has 0 spiro atoms. The Kier molecular flexibility index (Phi) is 0.869. The number of rotatable bonds is 0. The lowest BCUT2D eigenvalue weighted by atomic mass is 10.4. The molecular formula is C6H8N4. The van der Waals surface area contributed by atoms with Crippen LogP contribution in [-0.2, 0) is 7.05 Å². The van der Waals surface area contributed by atoms with E-state index >= 15 is 0 Å². The van der Waals surface area contributed by atoms with Crippen molar-refractivity contribution in [2.45, 2.75) is 6.92 Å². The SMILES string of the molecule is Cc1nn(C)c2cn[nH]c12. The van der Waals surface area contributed by atoms with Gasteiger partial charge in [-0.3, -0.25) is 9.78 Å². The Morgan fingerprint density at radius 1 is 1.60 bits per heavy atom. The number of aromatic amines is 1. The van der Waals surface area contributed by atoms with E-state index in [1.54, 1.807) is 6.20 Å². The molecule has 4 heteroatoms. The third-order valence-corrected chi connectivity index (χ3v) is 1.63. The summed E-state index contributed by atoms with van der Waals surface area (Å²) in [5, 5.41) is 11.0. The lowest BCUT2D eigenvalue weighted by Crippen LogP contribution is -1.88. The minimum absolute atomic E-state index is 0.995. The molecule has 0 bridgehead atoms. The summed E-state index contributed by atoms with van der Waals surface area (Å²) in [7, 11) is 1.91. The van der Waals surface area contributed by atoms with Crippen molar-refractivity contribution < 1.29 is 0 Å². The highest BCUT2D eigenvalue weighted by Crippen LogP contribution is 2.11. The molecule has 0 unspecified atom stereocenters. The van der Waals surface area contributed by atoms with E-state index in [4.69, 9.17) is 0 Å². The Hall–Kier alpha value is -1.32. The number of hydrogen-bond acceptors (Lipinski definition) is 2. The van der Waals surface area contributed by atoms with Crippen molar-refractivity contribution in [2.75, 3.05) is 0 Å². The minimum Gasteiger partial charge on any atom is -0.274 e. The van der Waals surface area contributed by atoms with E-state index in [1.807, 2.05) is 18.7 Å². The molecule has 52 valence electrons. The number of H-pyrrole nitrogens is 1. The molecule has 1 N–H and O–H groups in total. The van der Waals surface area contributed by atoms with E-state index in [2.05, 4.69) is 15.3 Å². The van der Waals surface area contributed by atoms with Crippen LogP contribution in [0, 0.1) is 6.92 Å². The normalized spacial score (nSPS) is 11.0. The second-order valence-electron chi connectivity index (χ2n) is 2.34. The average molecular weight is 136 g/mol. The fourth-order valence-electron chi connectivity index (χ4n) is 1.12. The molecule has 0 fully saturated rings. The van der Waals surface area contributed by atoms with Crippen LogP contribution in [0.25, 0.3) is 11.0 Å². The molecule has 0 atom stereocenters. The van der Waals surface area contributed by atoms with E-state index in [1.165, 1.54) is 0 Å². The van der Waals surface area contributed by atoms with Crippen molar-refractivity contribution in [1.82, 2.24) is 20.0 Å². The zero-order valence-corrected chi connectivity index (χ0v) is 5.92. The number of aryl methyl sites for hydroxylation is 2. The first-order chi connectivity index (χ1) is 4.79. The van der Waals surface area contributed by atoms with E-state index in [9.17, 15) is 0 Å². The van der Waals surface area contributed by atoms with E-state index in [-0.39, 0.29) is 0 Å². The summed E-state index contributed by atoms with van der Waals surface area (Å²) in [4.78, 5) is 0. The lowest BCUT2D eigenvalue weighted by molar-refractivity contribution is 0.780. The van der Waals surface area contributed by atoms with Gasteiger partial charge in [-0.15, -0.1) is 0 Å². The van der Waals surface area contributed by atoms with Crippen molar-refractivity contribution >= 4 is 11.0 Å². The van der Waals surface area contributed by atoms with Gasteiger partial charge in [-0.1, -0.05) is 0 Å². The van der Waals surface area contributed by atoms with Gasteiger partial charge in [0.25, 0.3) is 0 Å². The number of nitrogens with one attached hydrogen (secondary N) is 1. The van der Waals surface area contributed by atoms with Crippen LogP contribution in [-0.4, -0.2) is 20.0 Å². The van der Waals surface area contributed by atoms with Crippen molar-refractivity contribution in [3.05, 3.63) is 11.9 Å². The molecule has 0 aliphatic rings. The highest BCUT2D eigenvalue weighted by Gasteiger charge is 2.03. The average Bonchev–Trinajstić information content (AvgIpc) is 2.39. The van der Waals surface area contributed by atoms with Gasteiger partial charge in [0.2, 0.25) is 0 Å². The van der Waals surface area contributed by atoms with Crippen LogP contribution >= 0.6 is 0 Å². The molecule has 0 amide bonds. The maximum absolute atomic E-state index is 4.20. The van der Waals surface area contributed by atoms with Crippen LogP contribution < -0.4 is 0 Å². The number of aromatic nitrogens is 4. The summed E-state index contributed by atoms with van der Waals surface area (Å²) >= 11 is 0. The fraction of sp³-hybridized carbons (Fsp3) is 0.333. The van der Waals surface area contributed by atoms with Gasteiger partial charge in [0.1, 0.15) is 11.0 Å². The largest absolute Gasteiger partial charge is 0.274 e. The van der Waals surface area contributed by atoms with Crippen molar-refractivity contribution in [3.8, 4) is 0 Å². The quantitative estimate of drug-likeness (QED) is 0.576. The Labute approximate surface area is 57.8 Å². The van der Waals surface area contributed by atoms with Gasteiger partial charge in [0.15, 0.2) is 0 Å². The van der Waals surface area contributed by atoms with E-state index < -0.39 is 0 Å². The lowest BCUT2D eigenvalue weighted by Gasteiger charge is -1.83. The Morgan fingerprint density at radius 3 is 3.10 bits per heavy atom. The highest BCUT2D eigenvalue weighted by molar-refractivity contribution is 5.76. The maximum Gasteiger partial charge on any atom is 0.106 e. The van der Waals surface area contributed by atoms with Crippen LogP contribution in [0.5, 0.6) is 0 Å². The van der Waals surface area contributed by atoms with Gasteiger partial charge < -0.3 is 0 Å². The van der Waals surface area contributed by atoms with Gasteiger partial charge in [0.05, 0.1) is 11.9 Å². The number of nitrogens with zero attached hydrogens (tertiary/aromatic N) is 3. The molecular weight excluding hydrogens is 128 g/mol. The van der Waals surface area contributed by atoms with E-state index in [0.717, 1.165) is 16.7 Å². The van der Waals surface area contributed by atoms with Gasteiger partial charge in [-0.05, 0) is 6.92 Å². The maximum atomic E-state index is 4.20. The zero-order valence-electron chi connectivity index (χ0n) is 5.92. The van der Waals surface area contributed by atoms with Crippen LogP contribution in [0.1, 0.15) is 5.69 Å². The van der Waals surface area contributed by atoms with Gasteiger partial charge in [-0.25, -0.2) is 0 Å². The fourth-order valence-corrected chi connectivity index (χ4v) is 1.12. The molecule has 10 heavy (non-hydrogen) atoms. The first-order valence-corrected chi connectivity index (χ1v) is 3.11. The first kappa shape index (κ1) is 5.46. The smallest absolute Gasteiger partial charge is 0.106 e. The molecule has 4 nitrogen and oxygen atoms in total. The predicted octanol–water partition coefficient (Wildman–Crippen LogP) is 0.605. The summed E-state index contributed by atoms with van der Waals surface area (Å²) in [5.74, 6) is 0. The van der Waals surface area contributed by atoms with Gasteiger partial charge in [-0.2, -0.15) is 10.2 Å². The minimum atomic E-state index is 0.995. The van der Waals surface area contributed by atoms with Crippen molar-refractivity contribution in [2.24, 2.45) is 7.05 Å². The third kappa shape index (κ3) is 0.504. The Balaban J connectivity index is 2.98. The summed E-state index contributed by atoms with van der Waals surface area (Å²) in [6, 6.07) is 0. The molecule has 0 aliphatic carbocycles. The Bertz CT molecular complexity index is 325. The highest BCUT2D eigenvalue weighted by atomic mass is 15.3. The Morgan fingerprint density at radius 2 is 2.40 bits per heavy atom. The summed E-state index contributed by atoms with van der Waals surface area (Å²) in [5.41, 5.74) is 3.08. The number of fused-ring (bicyclic) bond motifs is 1. The van der Waals surface area contributed by atoms with Crippen LogP contribution in [0.4, 0.5) is 0 Å². The first-order valence-electron chi connectivity index (χ1n) is 3.11. The molecule has 0 aliphatic heterocycles. The van der Waals surface area contributed by atoms with Crippen LogP contribution in [0.3, 0.4) is 0 Å². The van der Waals surface area contributed by atoms with Crippen molar-refractivity contribution in [1.29, 1.82) is 0 Å². The standard InChI is InChI=1S/C6H8N4/c1-4-6-5(3-7-8-6)10(2)9-4/h3H,1-2H3,(H,7,8). The third-order valence-electron chi connectivity index (χ3n) is 1.63. The number of hydrogen-bond donors (Lipinski definition) is 1. The van der Waals surface area contributed by atoms with Gasteiger partial charge in [0, 0.05) is 7.05 Å². The molecule has 2 aromatic rings. The zero-order chi connectivity index (χ0) is 7.14. The molecule has 2 aromatic heterocycles. The topological polar surface area (TPSA) is 46.5 Å². The predicted molar refractivity (Wildman–Crippen MR) is 37.6 cm³/mol. The molecule has 0 saturated heterocycles. The summed E-state index contributed by atoms with van der Waals surface area (Å²) in [6.45, 7) is 1.96. The monoisotopic (exact) mass is 136 g/mol. The van der Waals surface area contributed by atoms with E-state index in [0.29, 0.717) is 0 Å². The molecule has 0 saturated carbocycles. The molecule has 0 radical (unpaired) electrons. The van der Waals surface area contributed by atoms with Crippen LogP contribution in [0.15, 0.2) is 6.20 Å². The molecule has 2 heterocycles. The van der Waals surface area contributed by atoms with Crippen molar-refractivity contribution in [3.63, 3.8) is 0 Å². The second-order valence-corrected chi connectivity index (χ2v) is 2.34. The summed E-state index contributed by atoms with van der Waals surface area (Å²) in [6.07, 6.45) is 1.77. The second kappa shape index (κ2) is 1.59.